The first-order valence-corrected chi connectivity index (χ1v) is 6.07. The third kappa shape index (κ3) is 1.32. The fourth-order valence-electron chi connectivity index (χ4n) is 3.91. The van der Waals surface area contributed by atoms with Crippen molar-refractivity contribution in [2.75, 3.05) is 6.61 Å². The van der Waals surface area contributed by atoms with Gasteiger partial charge in [0.2, 0.25) is 0 Å². The van der Waals surface area contributed by atoms with E-state index in [4.69, 9.17) is 4.74 Å². The van der Waals surface area contributed by atoms with Crippen LogP contribution < -0.4 is 0 Å². The molecule has 0 aromatic heterocycles. The van der Waals surface area contributed by atoms with Crippen LogP contribution in [0.4, 0.5) is 0 Å². The van der Waals surface area contributed by atoms with Crippen molar-refractivity contribution < 1.29 is 4.74 Å². The van der Waals surface area contributed by atoms with Crippen molar-refractivity contribution in [3.8, 4) is 0 Å². The van der Waals surface area contributed by atoms with E-state index in [-0.39, 0.29) is 0 Å². The quantitative estimate of drug-likeness (QED) is 0.557. The summed E-state index contributed by atoms with van der Waals surface area (Å²) >= 11 is 0. The number of ether oxygens (including phenoxy) is 1. The molecule has 3 rings (SSSR count). The van der Waals surface area contributed by atoms with E-state index in [0.29, 0.717) is 6.10 Å². The topological polar surface area (TPSA) is 9.23 Å². The molecule has 13 heavy (non-hydrogen) atoms. The van der Waals surface area contributed by atoms with Crippen LogP contribution in [0.3, 0.4) is 0 Å². The predicted molar refractivity (Wildman–Crippen MR) is 52.5 cm³/mol. The Labute approximate surface area is 80.8 Å². The van der Waals surface area contributed by atoms with Crippen LogP contribution in [-0.2, 0) is 4.74 Å². The molecule has 0 N–H and O–H groups in total. The molecule has 4 unspecified atom stereocenters. The predicted octanol–water partition coefficient (Wildman–Crippen LogP) is 2.99. The maximum atomic E-state index is 5.97. The summed E-state index contributed by atoms with van der Waals surface area (Å²) in [5.74, 6) is 2.95. The normalized spacial score (nSPS) is 49.8. The second kappa shape index (κ2) is 3.27. The first kappa shape index (κ1) is 8.28. The summed E-state index contributed by atoms with van der Waals surface area (Å²) in [5.41, 5.74) is 0. The first-order chi connectivity index (χ1) is 6.45. The van der Waals surface area contributed by atoms with Crippen LogP contribution in [0.15, 0.2) is 0 Å². The monoisotopic (exact) mass is 180 g/mol. The lowest BCUT2D eigenvalue weighted by Gasteiger charge is -2.43. The van der Waals surface area contributed by atoms with Crippen molar-refractivity contribution in [2.45, 2.75) is 51.0 Å². The van der Waals surface area contributed by atoms with Crippen molar-refractivity contribution in [1.82, 2.24) is 0 Å². The van der Waals surface area contributed by atoms with Crippen LogP contribution in [0, 0.1) is 17.8 Å². The van der Waals surface area contributed by atoms with Gasteiger partial charge in [-0.05, 0) is 43.4 Å². The molecule has 2 saturated carbocycles. The van der Waals surface area contributed by atoms with E-state index in [1.54, 1.807) is 0 Å². The Hall–Kier alpha value is -0.0400. The van der Waals surface area contributed by atoms with Crippen molar-refractivity contribution in [3.63, 3.8) is 0 Å². The van der Waals surface area contributed by atoms with E-state index >= 15 is 0 Å². The molecule has 1 nitrogen and oxygen atoms in total. The zero-order chi connectivity index (χ0) is 8.67. The lowest BCUT2D eigenvalue weighted by molar-refractivity contribution is -0.0896. The molecular formula is C12H20O. The fourth-order valence-corrected chi connectivity index (χ4v) is 3.91. The largest absolute Gasteiger partial charge is 0.378 e. The summed E-state index contributed by atoms with van der Waals surface area (Å²) in [6.07, 6.45) is 10.8. The lowest BCUT2D eigenvalue weighted by atomic mass is 9.70. The van der Waals surface area contributed by atoms with Crippen LogP contribution in [0.25, 0.3) is 0 Å². The molecule has 0 aromatic rings. The van der Waals surface area contributed by atoms with Gasteiger partial charge in [0, 0.05) is 0 Å². The molecule has 2 aliphatic carbocycles. The first-order valence-electron chi connectivity index (χ1n) is 6.07. The Balaban J connectivity index is 1.77. The average Bonchev–Trinajstić information content (AvgIpc) is 2.65. The Morgan fingerprint density at radius 2 is 1.62 bits per heavy atom. The van der Waals surface area contributed by atoms with Gasteiger partial charge in [0.15, 0.2) is 0 Å². The molecule has 0 spiro atoms. The zero-order valence-corrected chi connectivity index (χ0v) is 8.37. The molecular weight excluding hydrogens is 160 g/mol. The molecule has 0 radical (unpaired) electrons. The molecule has 1 heterocycles. The average molecular weight is 180 g/mol. The summed E-state index contributed by atoms with van der Waals surface area (Å²) in [4.78, 5) is 0. The summed E-state index contributed by atoms with van der Waals surface area (Å²) in [5, 5.41) is 0. The summed E-state index contributed by atoms with van der Waals surface area (Å²) in [6, 6.07) is 0. The molecule has 4 atom stereocenters. The summed E-state index contributed by atoms with van der Waals surface area (Å²) in [6.45, 7) is 1.09. The molecule has 3 aliphatic rings. The van der Waals surface area contributed by atoms with Crippen molar-refractivity contribution in [1.29, 1.82) is 0 Å². The molecule has 0 aromatic carbocycles. The number of hydrogen-bond donors (Lipinski definition) is 0. The minimum atomic E-state index is 0.666. The van der Waals surface area contributed by atoms with Crippen LogP contribution in [0.1, 0.15) is 44.9 Å². The maximum absolute atomic E-state index is 5.97. The number of hydrogen-bond acceptors (Lipinski definition) is 1. The minimum absolute atomic E-state index is 0.666. The van der Waals surface area contributed by atoms with Gasteiger partial charge in [-0.3, -0.25) is 0 Å². The molecule has 0 amide bonds. The molecule has 0 bridgehead atoms. The van der Waals surface area contributed by atoms with Gasteiger partial charge in [-0.15, -0.1) is 0 Å². The van der Waals surface area contributed by atoms with E-state index in [0.717, 1.165) is 24.4 Å². The third-order valence-electron chi connectivity index (χ3n) is 4.55. The standard InChI is InChI=1S/C12H20O/c1-2-5-10-9(4-1)8-13-12-7-3-6-11(10)12/h9-12H,1-8H2. The van der Waals surface area contributed by atoms with Gasteiger partial charge in [-0.25, -0.2) is 0 Å². The molecule has 1 heteroatoms. The van der Waals surface area contributed by atoms with E-state index < -0.39 is 0 Å². The van der Waals surface area contributed by atoms with Gasteiger partial charge in [0.25, 0.3) is 0 Å². The number of fused-ring (bicyclic) bond motifs is 3. The molecule has 74 valence electrons. The minimum Gasteiger partial charge on any atom is -0.378 e. The van der Waals surface area contributed by atoms with Crippen LogP contribution in [0.5, 0.6) is 0 Å². The Morgan fingerprint density at radius 3 is 2.62 bits per heavy atom. The molecule has 1 saturated heterocycles. The second-order valence-corrected chi connectivity index (χ2v) is 5.17. The van der Waals surface area contributed by atoms with Crippen LogP contribution >= 0.6 is 0 Å². The van der Waals surface area contributed by atoms with Gasteiger partial charge in [0.1, 0.15) is 0 Å². The van der Waals surface area contributed by atoms with Crippen molar-refractivity contribution in [2.24, 2.45) is 17.8 Å². The number of rotatable bonds is 0. The summed E-state index contributed by atoms with van der Waals surface area (Å²) < 4.78 is 5.97. The van der Waals surface area contributed by atoms with E-state index in [9.17, 15) is 0 Å². The fraction of sp³-hybridized carbons (Fsp3) is 1.00. The lowest BCUT2D eigenvalue weighted by Crippen LogP contribution is -2.40. The highest BCUT2D eigenvalue weighted by Crippen LogP contribution is 2.47. The third-order valence-corrected chi connectivity index (χ3v) is 4.55. The Morgan fingerprint density at radius 1 is 0.769 bits per heavy atom. The highest BCUT2D eigenvalue weighted by atomic mass is 16.5. The highest BCUT2D eigenvalue weighted by Gasteiger charge is 2.42. The van der Waals surface area contributed by atoms with E-state index in [1.807, 2.05) is 0 Å². The van der Waals surface area contributed by atoms with E-state index in [2.05, 4.69) is 0 Å². The Kier molecular flexibility index (Phi) is 2.08. The molecule has 1 aliphatic heterocycles. The smallest absolute Gasteiger partial charge is 0.0606 e. The highest BCUT2D eigenvalue weighted by molar-refractivity contribution is 4.92. The van der Waals surface area contributed by atoms with Crippen LogP contribution in [0.2, 0.25) is 0 Å². The van der Waals surface area contributed by atoms with Gasteiger partial charge in [-0.2, -0.15) is 0 Å². The van der Waals surface area contributed by atoms with Crippen molar-refractivity contribution >= 4 is 0 Å². The van der Waals surface area contributed by atoms with Gasteiger partial charge >= 0.3 is 0 Å². The Bertz CT molecular complexity index is 190. The summed E-state index contributed by atoms with van der Waals surface area (Å²) in [7, 11) is 0. The van der Waals surface area contributed by atoms with E-state index in [1.165, 1.54) is 44.9 Å². The van der Waals surface area contributed by atoms with Gasteiger partial charge < -0.3 is 4.74 Å². The maximum Gasteiger partial charge on any atom is 0.0606 e. The SMILES string of the molecule is C1CCC2C(C1)COC1CCCC12. The van der Waals surface area contributed by atoms with Gasteiger partial charge in [0.05, 0.1) is 12.7 Å². The molecule has 3 fully saturated rings. The zero-order valence-electron chi connectivity index (χ0n) is 8.37. The van der Waals surface area contributed by atoms with Crippen molar-refractivity contribution in [3.05, 3.63) is 0 Å². The van der Waals surface area contributed by atoms with Gasteiger partial charge in [-0.1, -0.05) is 19.3 Å². The second-order valence-electron chi connectivity index (χ2n) is 5.17. The van der Waals surface area contributed by atoms with Crippen LogP contribution in [-0.4, -0.2) is 12.7 Å².